The highest BCUT2D eigenvalue weighted by Crippen LogP contribution is 2.31. The summed E-state index contributed by atoms with van der Waals surface area (Å²) in [4.78, 5) is 20.0. The second-order valence-corrected chi connectivity index (χ2v) is 6.82. The topological polar surface area (TPSA) is 62.5 Å². The van der Waals surface area contributed by atoms with Gasteiger partial charge in [-0.3, -0.25) is 4.79 Å². The molecule has 2 aliphatic rings. The van der Waals surface area contributed by atoms with E-state index in [4.69, 9.17) is 0 Å². The summed E-state index contributed by atoms with van der Waals surface area (Å²) in [6.45, 7) is 7.76. The van der Waals surface area contributed by atoms with E-state index in [0.29, 0.717) is 23.3 Å². The molecule has 2 aromatic heterocycles. The summed E-state index contributed by atoms with van der Waals surface area (Å²) in [5.74, 6) is 0.103. The van der Waals surface area contributed by atoms with Gasteiger partial charge in [0.25, 0.3) is 5.91 Å². The molecule has 2 saturated heterocycles. The van der Waals surface area contributed by atoms with Crippen LogP contribution in [-0.2, 0) is 0 Å². The number of hydrogen-bond donors (Lipinski definition) is 1. The third-order valence-corrected chi connectivity index (χ3v) is 5.17. The zero-order valence-corrected chi connectivity index (χ0v) is 14.0. The van der Waals surface area contributed by atoms with E-state index in [9.17, 15) is 4.79 Å². The smallest absolute Gasteiger partial charge is 0.260 e. The lowest BCUT2D eigenvalue weighted by Crippen LogP contribution is -2.42. The Morgan fingerprint density at radius 2 is 2.00 bits per heavy atom. The molecule has 6 nitrogen and oxygen atoms in total. The molecule has 23 heavy (non-hydrogen) atoms. The van der Waals surface area contributed by atoms with Crippen LogP contribution in [0.4, 0.5) is 0 Å². The largest absolute Gasteiger partial charge is 0.331 e. The number of carbonyl (C=O) groups is 1. The lowest BCUT2D eigenvalue weighted by Gasteiger charge is -2.27. The Morgan fingerprint density at radius 1 is 1.22 bits per heavy atom. The van der Waals surface area contributed by atoms with Crippen LogP contribution in [0.25, 0.3) is 5.65 Å². The molecule has 6 heteroatoms. The fourth-order valence-electron chi connectivity index (χ4n) is 4.12. The molecule has 4 heterocycles. The third-order valence-electron chi connectivity index (χ3n) is 5.17. The molecule has 0 spiro atoms. The third kappa shape index (κ3) is 2.24. The van der Waals surface area contributed by atoms with Crippen molar-refractivity contribution in [2.75, 3.05) is 13.1 Å². The summed E-state index contributed by atoms with van der Waals surface area (Å²) < 4.78 is 1.80. The van der Waals surface area contributed by atoms with Crippen molar-refractivity contribution in [1.82, 2.24) is 24.8 Å². The first-order valence-corrected chi connectivity index (χ1v) is 8.43. The van der Waals surface area contributed by atoms with Crippen LogP contribution < -0.4 is 5.32 Å². The van der Waals surface area contributed by atoms with Gasteiger partial charge in [0, 0.05) is 30.0 Å². The van der Waals surface area contributed by atoms with Crippen molar-refractivity contribution >= 4 is 11.6 Å². The highest BCUT2D eigenvalue weighted by molar-refractivity contribution is 6.01. The van der Waals surface area contributed by atoms with Crippen molar-refractivity contribution in [3.05, 3.63) is 28.7 Å². The van der Waals surface area contributed by atoms with Gasteiger partial charge in [-0.15, -0.1) is 0 Å². The molecule has 2 aliphatic heterocycles. The van der Waals surface area contributed by atoms with Gasteiger partial charge in [-0.1, -0.05) is 0 Å². The quantitative estimate of drug-likeness (QED) is 0.869. The van der Waals surface area contributed by atoms with E-state index in [2.05, 4.69) is 20.3 Å². The van der Waals surface area contributed by atoms with Crippen molar-refractivity contribution in [2.45, 2.75) is 52.1 Å². The Balaban J connectivity index is 1.82. The van der Waals surface area contributed by atoms with E-state index in [1.54, 1.807) is 4.52 Å². The maximum atomic E-state index is 13.3. The van der Waals surface area contributed by atoms with Gasteiger partial charge < -0.3 is 10.2 Å². The number of aromatic nitrogens is 3. The van der Waals surface area contributed by atoms with Crippen LogP contribution in [0.15, 0.2) is 6.07 Å². The molecule has 0 aromatic carbocycles. The summed E-state index contributed by atoms with van der Waals surface area (Å²) >= 11 is 0. The summed E-state index contributed by atoms with van der Waals surface area (Å²) in [7, 11) is 0. The van der Waals surface area contributed by atoms with Crippen molar-refractivity contribution in [2.24, 2.45) is 0 Å². The van der Waals surface area contributed by atoms with Crippen molar-refractivity contribution in [3.63, 3.8) is 0 Å². The highest BCUT2D eigenvalue weighted by Gasteiger charge is 2.40. The zero-order chi connectivity index (χ0) is 16.1. The van der Waals surface area contributed by atoms with E-state index in [1.807, 2.05) is 26.8 Å². The second kappa shape index (κ2) is 5.30. The van der Waals surface area contributed by atoms with Crippen LogP contribution in [-0.4, -0.2) is 50.6 Å². The average molecular weight is 313 g/mol. The molecule has 0 radical (unpaired) electrons. The number of nitrogens with zero attached hydrogens (tertiary/aromatic N) is 4. The molecular formula is C17H23N5O. The fourth-order valence-corrected chi connectivity index (χ4v) is 4.12. The Morgan fingerprint density at radius 3 is 2.83 bits per heavy atom. The predicted octanol–water partition coefficient (Wildman–Crippen LogP) is 1.62. The van der Waals surface area contributed by atoms with Gasteiger partial charge in [0.15, 0.2) is 5.65 Å². The number of amides is 1. The number of fused-ring (bicyclic) bond motifs is 3. The number of carbonyl (C=O) groups excluding carboxylic acids is 1. The molecular weight excluding hydrogens is 290 g/mol. The van der Waals surface area contributed by atoms with Gasteiger partial charge in [0.1, 0.15) is 5.56 Å². The lowest BCUT2D eigenvalue weighted by molar-refractivity contribution is 0.0681. The van der Waals surface area contributed by atoms with Gasteiger partial charge in [-0.2, -0.15) is 5.10 Å². The van der Waals surface area contributed by atoms with E-state index >= 15 is 0 Å². The molecule has 122 valence electrons. The monoisotopic (exact) mass is 313 g/mol. The maximum Gasteiger partial charge on any atom is 0.260 e. The van der Waals surface area contributed by atoms with Gasteiger partial charge in [0.2, 0.25) is 0 Å². The summed E-state index contributed by atoms with van der Waals surface area (Å²) in [6, 6.07) is 2.64. The van der Waals surface area contributed by atoms with Crippen LogP contribution in [0, 0.1) is 20.8 Å². The summed E-state index contributed by atoms with van der Waals surface area (Å²) in [5, 5.41) is 8.00. The van der Waals surface area contributed by atoms with Crippen LogP contribution in [0.3, 0.4) is 0 Å². The minimum Gasteiger partial charge on any atom is -0.331 e. The van der Waals surface area contributed by atoms with Crippen molar-refractivity contribution in [3.8, 4) is 0 Å². The molecule has 2 bridgehead atoms. The first kappa shape index (κ1) is 14.6. The van der Waals surface area contributed by atoms with E-state index in [0.717, 1.165) is 49.4 Å². The standard InChI is InChI=1S/C17H23N5O/c1-10-8-11(2)22-16(19-10)15(12(3)20-22)17(23)21-13-4-5-14(21)9-18-7-6-13/h8,13-14,18H,4-7,9H2,1-3H3. The minimum absolute atomic E-state index is 0.103. The molecule has 1 N–H and O–H groups in total. The normalized spacial score (nSPS) is 24.2. The zero-order valence-electron chi connectivity index (χ0n) is 14.0. The average Bonchev–Trinajstić information content (AvgIpc) is 2.94. The van der Waals surface area contributed by atoms with Crippen molar-refractivity contribution < 1.29 is 4.79 Å². The van der Waals surface area contributed by atoms with Crippen LogP contribution >= 0.6 is 0 Å². The number of rotatable bonds is 1. The van der Waals surface area contributed by atoms with E-state index in [1.165, 1.54) is 0 Å². The number of hydrogen-bond acceptors (Lipinski definition) is 4. The molecule has 2 unspecified atom stereocenters. The first-order valence-electron chi connectivity index (χ1n) is 8.43. The maximum absolute atomic E-state index is 13.3. The van der Waals surface area contributed by atoms with Gasteiger partial charge >= 0.3 is 0 Å². The molecule has 2 atom stereocenters. The van der Waals surface area contributed by atoms with Crippen LogP contribution in [0.2, 0.25) is 0 Å². The molecule has 2 aromatic rings. The predicted molar refractivity (Wildman–Crippen MR) is 87.7 cm³/mol. The lowest BCUT2D eigenvalue weighted by atomic mass is 10.1. The Kier molecular flexibility index (Phi) is 3.37. The second-order valence-electron chi connectivity index (χ2n) is 6.82. The Labute approximate surface area is 135 Å². The minimum atomic E-state index is 0.103. The Hall–Kier alpha value is -1.95. The molecule has 1 amide bonds. The van der Waals surface area contributed by atoms with Crippen LogP contribution in [0.5, 0.6) is 0 Å². The fraction of sp³-hybridized carbons (Fsp3) is 0.588. The molecule has 2 fully saturated rings. The van der Waals surface area contributed by atoms with Gasteiger partial charge in [-0.25, -0.2) is 9.50 Å². The molecule has 0 aliphatic carbocycles. The van der Waals surface area contributed by atoms with Crippen LogP contribution in [0.1, 0.15) is 46.7 Å². The van der Waals surface area contributed by atoms with E-state index in [-0.39, 0.29) is 5.91 Å². The summed E-state index contributed by atoms with van der Waals surface area (Å²) in [6.07, 6.45) is 3.24. The van der Waals surface area contributed by atoms with E-state index < -0.39 is 0 Å². The van der Waals surface area contributed by atoms with Gasteiger partial charge in [0.05, 0.1) is 5.69 Å². The number of aryl methyl sites for hydroxylation is 3. The Bertz CT molecular complexity index is 767. The highest BCUT2D eigenvalue weighted by atomic mass is 16.2. The number of nitrogens with one attached hydrogen (secondary N) is 1. The first-order chi connectivity index (χ1) is 11.1. The SMILES string of the molecule is Cc1cc(C)n2nc(C)c(C(=O)N3C4CCNCC3CC4)c2n1. The van der Waals surface area contributed by atoms with Gasteiger partial charge in [-0.05, 0) is 52.6 Å². The molecule has 0 saturated carbocycles. The molecule has 4 rings (SSSR count). The van der Waals surface area contributed by atoms with Crippen molar-refractivity contribution in [1.29, 1.82) is 0 Å². The summed E-state index contributed by atoms with van der Waals surface area (Å²) in [5.41, 5.74) is 4.07.